The van der Waals surface area contributed by atoms with Crippen molar-refractivity contribution in [2.45, 2.75) is 45.9 Å². The van der Waals surface area contributed by atoms with Crippen LogP contribution in [-0.2, 0) is 11.3 Å². The van der Waals surface area contributed by atoms with Crippen molar-refractivity contribution >= 4 is 11.7 Å². The van der Waals surface area contributed by atoms with Gasteiger partial charge in [0.25, 0.3) is 5.91 Å². The third-order valence-corrected chi connectivity index (χ3v) is 5.35. The average Bonchev–Trinajstić information content (AvgIpc) is 3.12. The molecule has 1 aliphatic heterocycles. The van der Waals surface area contributed by atoms with Crippen LogP contribution in [0.25, 0.3) is 0 Å². The number of rotatable bonds is 7. The highest BCUT2D eigenvalue weighted by molar-refractivity contribution is 5.89. The predicted molar refractivity (Wildman–Crippen MR) is 109 cm³/mol. The van der Waals surface area contributed by atoms with Gasteiger partial charge < -0.3 is 20.7 Å². The van der Waals surface area contributed by atoms with Crippen LogP contribution < -0.4 is 16.0 Å². The van der Waals surface area contributed by atoms with Crippen LogP contribution in [0.5, 0.6) is 0 Å². The molecule has 7 heteroatoms. The fourth-order valence-corrected chi connectivity index (χ4v) is 3.64. The van der Waals surface area contributed by atoms with Crippen molar-refractivity contribution in [2.24, 2.45) is 5.73 Å². The minimum atomic E-state index is -0.594. The van der Waals surface area contributed by atoms with Gasteiger partial charge in [-0.1, -0.05) is 24.3 Å². The molecule has 1 amide bonds. The van der Waals surface area contributed by atoms with Gasteiger partial charge >= 0.3 is 0 Å². The Kier molecular flexibility index (Phi) is 6.26. The predicted octanol–water partition coefficient (Wildman–Crippen LogP) is 2.27. The number of methoxy groups -OCH3 is 1. The van der Waals surface area contributed by atoms with E-state index in [-0.39, 0.29) is 11.9 Å². The molecule has 3 rings (SSSR count). The lowest BCUT2D eigenvalue weighted by Gasteiger charge is -2.23. The average molecular weight is 383 g/mol. The van der Waals surface area contributed by atoms with E-state index in [1.165, 1.54) is 11.1 Å². The highest BCUT2D eigenvalue weighted by atomic mass is 16.5. The molecule has 28 heavy (non-hydrogen) atoms. The highest BCUT2D eigenvalue weighted by Crippen LogP contribution is 2.25. The van der Waals surface area contributed by atoms with Gasteiger partial charge in [0.05, 0.1) is 6.61 Å². The molecular weight excluding hydrogens is 354 g/mol. The summed E-state index contributed by atoms with van der Waals surface area (Å²) in [5.74, 6) is 0.296. The maximum atomic E-state index is 11.5. The molecule has 1 aromatic heterocycles. The molecule has 7 nitrogen and oxygen atoms in total. The Balaban J connectivity index is 1.66. The molecule has 1 aromatic carbocycles. The van der Waals surface area contributed by atoms with Crippen LogP contribution in [0, 0.1) is 13.8 Å². The van der Waals surface area contributed by atoms with Crippen molar-refractivity contribution in [1.29, 1.82) is 0 Å². The second-order valence-electron chi connectivity index (χ2n) is 7.44. The van der Waals surface area contributed by atoms with Gasteiger partial charge in [-0.15, -0.1) is 0 Å². The van der Waals surface area contributed by atoms with E-state index in [1.54, 1.807) is 7.11 Å². The molecule has 1 saturated heterocycles. The molecule has 1 unspecified atom stereocenters. The number of benzene rings is 1. The van der Waals surface area contributed by atoms with Crippen LogP contribution in [0.2, 0.25) is 0 Å². The molecule has 0 saturated carbocycles. The Morgan fingerprint density at radius 2 is 2.04 bits per heavy atom. The number of aromatic nitrogens is 2. The van der Waals surface area contributed by atoms with E-state index in [1.807, 2.05) is 13.8 Å². The zero-order valence-electron chi connectivity index (χ0n) is 17.0. The Morgan fingerprint density at radius 1 is 1.32 bits per heavy atom. The first-order valence-corrected chi connectivity index (χ1v) is 9.63. The van der Waals surface area contributed by atoms with Crippen molar-refractivity contribution in [1.82, 2.24) is 15.3 Å². The van der Waals surface area contributed by atoms with E-state index in [9.17, 15) is 4.79 Å². The summed E-state index contributed by atoms with van der Waals surface area (Å²) < 4.78 is 5.17. The van der Waals surface area contributed by atoms with E-state index in [0.29, 0.717) is 12.6 Å². The number of carbonyl (C=O) groups excluding carboxylic acids is 1. The number of amides is 1. The van der Waals surface area contributed by atoms with Crippen LogP contribution >= 0.6 is 0 Å². The lowest BCUT2D eigenvalue weighted by Crippen LogP contribution is -2.35. The van der Waals surface area contributed by atoms with E-state index >= 15 is 0 Å². The molecular formula is C21H29N5O2. The van der Waals surface area contributed by atoms with Gasteiger partial charge in [-0.3, -0.25) is 4.79 Å². The maximum Gasteiger partial charge on any atom is 0.286 e. The molecule has 150 valence electrons. The van der Waals surface area contributed by atoms with Gasteiger partial charge in [0.2, 0.25) is 5.82 Å². The number of nitrogens with one attached hydrogen (secondary N) is 1. The highest BCUT2D eigenvalue weighted by Gasteiger charge is 2.27. The summed E-state index contributed by atoms with van der Waals surface area (Å²) in [5, 5.41) is 3.71. The van der Waals surface area contributed by atoms with Crippen molar-refractivity contribution in [3.63, 3.8) is 0 Å². The van der Waals surface area contributed by atoms with Gasteiger partial charge in [0.15, 0.2) is 0 Å². The number of nitrogens with zero attached hydrogens (tertiary/aromatic N) is 3. The molecule has 0 bridgehead atoms. The standard InChI is InChI=1S/C21H29N5O2/c1-13-14(2)24-20(19(22)27)25-21(13)26-10-9-18(11-26)23-15(3)17-7-5-16(6-8-17)12-28-4/h5-8,15,18,23H,9-12H2,1-4H3,(H2,22,27)/t15?,18-/m1/s1. The van der Waals surface area contributed by atoms with Crippen LogP contribution in [0.15, 0.2) is 24.3 Å². The minimum absolute atomic E-state index is 0.0824. The van der Waals surface area contributed by atoms with Gasteiger partial charge in [-0.05, 0) is 38.3 Å². The summed E-state index contributed by atoms with van der Waals surface area (Å²) in [4.78, 5) is 22.3. The molecule has 2 atom stereocenters. The van der Waals surface area contributed by atoms with E-state index in [0.717, 1.165) is 36.6 Å². The monoisotopic (exact) mass is 383 g/mol. The van der Waals surface area contributed by atoms with Crippen LogP contribution in [-0.4, -0.2) is 42.1 Å². The summed E-state index contributed by atoms with van der Waals surface area (Å²) >= 11 is 0. The summed E-state index contributed by atoms with van der Waals surface area (Å²) in [6, 6.07) is 9.11. The number of primary amides is 1. The number of anilines is 1. The summed E-state index contributed by atoms with van der Waals surface area (Å²) in [6.07, 6.45) is 1.01. The number of carbonyl (C=O) groups is 1. The molecule has 2 aromatic rings. The molecule has 0 radical (unpaired) electrons. The first-order chi connectivity index (χ1) is 13.4. The second kappa shape index (κ2) is 8.67. The SMILES string of the molecule is COCc1ccc(C(C)N[C@@H]2CCN(c3nc(C(N)=O)nc(C)c3C)C2)cc1. The first kappa shape index (κ1) is 20.2. The van der Waals surface area contributed by atoms with Gasteiger partial charge in [0.1, 0.15) is 5.82 Å². The fraction of sp³-hybridized carbons (Fsp3) is 0.476. The molecule has 0 aliphatic carbocycles. The van der Waals surface area contributed by atoms with Gasteiger partial charge in [-0.25, -0.2) is 9.97 Å². The maximum absolute atomic E-state index is 11.5. The smallest absolute Gasteiger partial charge is 0.286 e. The Labute approximate surface area is 166 Å². The fourth-order valence-electron chi connectivity index (χ4n) is 3.64. The first-order valence-electron chi connectivity index (χ1n) is 9.63. The summed E-state index contributed by atoms with van der Waals surface area (Å²) in [7, 11) is 1.71. The Morgan fingerprint density at radius 3 is 2.68 bits per heavy atom. The lowest BCUT2D eigenvalue weighted by atomic mass is 10.1. The molecule has 2 heterocycles. The van der Waals surface area contributed by atoms with Crippen LogP contribution in [0.4, 0.5) is 5.82 Å². The molecule has 1 aliphatic rings. The molecule has 1 fully saturated rings. The number of ether oxygens (including phenoxy) is 1. The van der Waals surface area contributed by atoms with Crippen LogP contribution in [0.1, 0.15) is 52.4 Å². The van der Waals surface area contributed by atoms with Crippen molar-refractivity contribution in [3.05, 3.63) is 52.5 Å². The Bertz CT molecular complexity index is 837. The zero-order valence-corrected chi connectivity index (χ0v) is 17.0. The Hall–Kier alpha value is -2.51. The zero-order chi connectivity index (χ0) is 20.3. The quantitative estimate of drug-likeness (QED) is 0.762. The number of hydrogen-bond acceptors (Lipinski definition) is 6. The van der Waals surface area contributed by atoms with E-state index in [2.05, 4.69) is 51.4 Å². The van der Waals surface area contributed by atoms with Gasteiger partial charge in [0, 0.05) is 43.5 Å². The third kappa shape index (κ3) is 4.48. The molecule has 3 N–H and O–H groups in total. The second-order valence-corrected chi connectivity index (χ2v) is 7.44. The van der Waals surface area contributed by atoms with E-state index < -0.39 is 5.91 Å². The normalized spacial score (nSPS) is 17.7. The topological polar surface area (TPSA) is 93.4 Å². The summed E-state index contributed by atoms with van der Waals surface area (Å²) in [5.41, 5.74) is 9.59. The number of nitrogens with two attached hydrogens (primary N) is 1. The third-order valence-electron chi connectivity index (χ3n) is 5.35. The summed E-state index contributed by atoms with van der Waals surface area (Å²) in [6.45, 7) is 8.40. The van der Waals surface area contributed by atoms with E-state index in [4.69, 9.17) is 10.5 Å². The van der Waals surface area contributed by atoms with Crippen molar-refractivity contribution in [3.8, 4) is 0 Å². The van der Waals surface area contributed by atoms with Crippen molar-refractivity contribution in [2.75, 3.05) is 25.1 Å². The largest absolute Gasteiger partial charge is 0.380 e. The number of hydrogen-bond donors (Lipinski definition) is 2. The van der Waals surface area contributed by atoms with Crippen molar-refractivity contribution < 1.29 is 9.53 Å². The number of aryl methyl sites for hydroxylation is 1. The molecule has 0 spiro atoms. The lowest BCUT2D eigenvalue weighted by molar-refractivity contribution is 0.0990. The minimum Gasteiger partial charge on any atom is -0.380 e. The van der Waals surface area contributed by atoms with Crippen LogP contribution in [0.3, 0.4) is 0 Å². The van der Waals surface area contributed by atoms with Gasteiger partial charge in [-0.2, -0.15) is 0 Å².